The van der Waals surface area contributed by atoms with Gasteiger partial charge in [0.25, 0.3) is 5.00 Å². The number of rotatable bonds is 3. The average molecular weight is 368 g/mol. The first-order valence-electron chi connectivity index (χ1n) is 5.81. The smallest absolute Gasteiger partial charge is 0.283 e. The molecular formula is C12H11ClFNO5S2. The van der Waals surface area contributed by atoms with Crippen molar-refractivity contribution in [2.45, 2.75) is 10.9 Å². The van der Waals surface area contributed by atoms with E-state index >= 15 is 4.39 Å². The molecule has 1 aliphatic rings. The number of allylic oxidation sites excluding steroid dienone is 3. The molecule has 2 rings (SSSR count). The second-order valence-electron chi connectivity index (χ2n) is 4.59. The first-order valence-corrected chi connectivity index (χ1v) is 9.17. The zero-order valence-corrected chi connectivity index (χ0v) is 13.2. The van der Waals surface area contributed by atoms with Crippen molar-refractivity contribution < 1.29 is 25.8 Å². The molecule has 0 radical (unpaired) electrons. The van der Waals surface area contributed by atoms with Crippen LogP contribution in [0.4, 0.5) is 4.39 Å². The van der Waals surface area contributed by atoms with Crippen LogP contribution < -0.4 is 5.14 Å². The van der Waals surface area contributed by atoms with Crippen molar-refractivity contribution >= 4 is 31.7 Å². The van der Waals surface area contributed by atoms with Crippen molar-refractivity contribution in [1.82, 2.24) is 0 Å². The van der Waals surface area contributed by atoms with E-state index < -0.39 is 41.0 Å². The second-order valence-corrected chi connectivity index (χ2v) is 8.11. The SMILES string of the molecule is NS(=O)(=O)C1=CC=C(Cl)C(F)(S(=O)(=O)O)C1c1ccccc1. The molecule has 6 nitrogen and oxygen atoms in total. The highest BCUT2D eigenvalue weighted by Crippen LogP contribution is 2.50. The molecule has 0 bridgehead atoms. The number of alkyl halides is 1. The van der Waals surface area contributed by atoms with Gasteiger partial charge in [-0.3, -0.25) is 4.55 Å². The summed E-state index contributed by atoms with van der Waals surface area (Å²) in [5.74, 6) is -1.92. The van der Waals surface area contributed by atoms with Crippen LogP contribution in [0.1, 0.15) is 11.5 Å². The molecule has 2 atom stereocenters. The van der Waals surface area contributed by atoms with Gasteiger partial charge in [0.05, 0.1) is 15.9 Å². The molecule has 0 saturated carbocycles. The third-order valence-corrected chi connectivity index (χ3v) is 5.96. The second kappa shape index (κ2) is 5.43. The Morgan fingerprint density at radius 2 is 1.68 bits per heavy atom. The number of hydrogen-bond donors (Lipinski definition) is 2. The highest BCUT2D eigenvalue weighted by molar-refractivity contribution is 7.93. The lowest BCUT2D eigenvalue weighted by Crippen LogP contribution is -2.44. The van der Waals surface area contributed by atoms with Crippen LogP contribution in [-0.4, -0.2) is 26.4 Å². The van der Waals surface area contributed by atoms with E-state index in [1.807, 2.05) is 0 Å². The molecule has 10 heteroatoms. The molecule has 0 aliphatic heterocycles. The van der Waals surface area contributed by atoms with Crippen LogP contribution in [0.25, 0.3) is 0 Å². The third kappa shape index (κ3) is 2.70. The molecule has 0 heterocycles. The molecule has 3 N–H and O–H groups in total. The molecule has 0 saturated heterocycles. The van der Waals surface area contributed by atoms with Gasteiger partial charge in [0.15, 0.2) is 0 Å². The number of hydrogen-bond acceptors (Lipinski definition) is 4. The largest absolute Gasteiger partial charge is 0.306 e. The first kappa shape index (κ1) is 17.1. The van der Waals surface area contributed by atoms with Crippen molar-refractivity contribution in [3.63, 3.8) is 0 Å². The molecular weight excluding hydrogens is 357 g/mol. The van der Waals surface area contributed by atoms with Crippen LogP contribution in [0.2, 0.25) is 0 Å². The Morgan fingerprint density at radius 3 is 2.14 bits per heavy atom. The molecule has 0 spiro atoms. The molecule has 120 valence electrons. The van der Waals surface area contributed by atoms with E-state index in [-0.39, 0.29) is 5.56 Å². The van der Waals surface area contributed by atoms with E-state index in [4.69, 9.17) is 16.7 Å². The summed E-state index contributed by atoms with van der Waals surface area (Å²) in [6, 6.07) is 7.08. The fourth-order valence-corrected chi connectivity index (χ4v) is 4.54. The Morgan fingerprint density at radius 1 is 1.14 bits per heavy atom. The maximum atomic E-state index is 15.2. The molecule has 0 aromatic heterocycles. The summed E-state index contributed by atoms with van der Waals surface area (Å²) in [6.07, 6.45) is 1.66. The molecule has 1 aromatic rings. The van der Waals surface area contributed by atoms with Gasteiger partial charge >= 0.3 is 10.1 Å². The number of primary sulfonamides is 1. The summed E-state index contributed by atoms with van der Waals surface area (Å²) in [7, 11) is -9.83. The Kier molecular flexibility index (Phi) is 4.22. The monoisotopic (exact) mass is 367 g/mol. The summed E-state index contributed by atoms with van der Waals surface area (Å²) in [5, 5.41) is 0.622. The predicted molar refractivity (Wildman–Crippen MR) is 79.7 cm³/mol. The van der Waals surface area contributed by atoms with Gasteiger partial charge in [-0.1, -0.05) is 41.9 Å². The highest BCUT2D eigenvalue weighted by atomic mass is 35.5. The lowest BCUT2D eigenvalue weighted by molar-refractivity contribution is 0.268. The Labute approximate surface area is 131 Å². The zero-order chi connectivity index (χ0) is 16.8. The van der Waals surface area contributed by atoms with E-state index in [0.717, 1.165) is 12.2 Å². The maximum Gasteiger partial charge on any atom is 0.306 e. The van der Waals surface area contributed by atoms with Crippen LogP contribution in [0.15, 0.2) is 52.4 Å². The number of benzene rings is 1. The van der Waals surface area contributed by atoms with Gasteiger partial charge in [0.1, 0.15) is 0 Å². The molecule has 1 aromatic carbocycles. The van der Waals surface area contributed by atoms with Crippen molar-refractivity contribution in [1.29, 1.82) is 0 Å². The minimum Gasteiger partial charge on any atom is -0.283 e. The Balaban J connectivity index is 2.85. The molecule has 22 heavy (non-hydrogen) atoms. The standard InChI is InChI=1S/C12H11ClFNO5S2/c13-10-7-6-9(21(15,16)17)11(8-4-2-1-3-5-8)12(10,14)22(18,19)20/h1-7,11H,(H2,15,16,17)(H,18,19,20). The van der Waals surface area contributed by atoms with Crippen molar-refractivity contribution in [2.75, 3.05) is 0 Å². The van der Waals surface area contributed by atoms with Gasteiger partial charge in [-0.25, -0.2) is 17.9 Å². The van der Waals surface area contributed by atoms with Gasteiger partial charge < -0.3 is 0 Å². The Bertz CT molecular complexity index is 864. The van der Waals surface area contributed by atoms with Crippen LogP contribution in [0.3, 0.4) is 0 Å². The lowest BCUT2D eigenvalue weighted by atomic mass is 9.90. The number of nitrogens with two attached hydrogens (primary N) is 1. The van der Waals surface area contributed by atoms with Crippen LogP contribution in [0.5, 0.6) is 0 Å². The van der Waals surface area contributed by atoms with Crippen molar-refractivity contribution in [2.24, 2.45) is 5.14 Å². The summed E-state index contributed by atoms with van der Waals surface area (Å²) in [6.45, 7) is 0. The van der Waals surface area contributed by atoms with E-state index in [2.05, 4.69) is 0 Å². The van der Waals surface area contributed by atoms with Gasteiger partial charge in [-0.2, -0.15) is 8.42 Å². The van der Waals surface area contributed by atoms with E-state index in [1.54, 1.807) is 6.07 Å². The van der Waals surface area contributed by atoms with Crippen LogP contribution in [0, 0.1) is 0 Å². The van der Waals surface area contributed by atoms with E-state index in [1.165, 1.54) is 24.3 Å². The van der Waals surface area contributed by atoms with Gasteiger partial charge in [0, 0.05) is 0 Å². The van der Waals surface area contributed by atoms with Crippen LogP contribution in [-0.2, 0) is 20.1 Å². The predicted octanol–water partition coefficient (Wildman–Crippen LogP) is 1.63. The summed E-state index contributed by atoms with van der Waals surface area (Å²) in [4.78, 5) is -0.705. The third-order valence-electron chi connectivity index (χ3n) is 3.21. The van der Waals surface area contributed by atoms with Crippen LogP contribution >= 0.6 is 11.6 Å². The molecule has 0 amide bonds. The normalized spacial score (nSPS) is 26.3. The van der Waals surface area contributed by atoms with Gasteiger partial charge in [-0.15, -0.1) is 0 Å². The van der Waals surface area contributed by atoms with Gasteiger partial charge in [-0.05, 0) is 17.7 Å². The summed E-state index contributed by atoms with van der Waals surface area (Å²) < 4.78 is 71.0. The lowest BCUT2D eigenvalue weighted by Gasteiger charge is -2.34. The zero-order valence-electron chi connectivity index (χ0n) is 10.8. The fourth-order valence-electron chi connectivity index (χ4n) is 2.24. The average Bonchev–Trinajstić information content (AvgIpc) is 2.40. The maximum absolute atomic E-state index is 15.2. The number of halogens is 2. The fraction of sp³-hybridized carbons (Fsp3) is 0.167. The quantitative estimate of drug-likeness (QED) is 0.788. The molecule has 1 aliphatic carbocycles. The Hall–Kier alpha value is -1.26. The highest BCUT2D eigenvalue weighted by Gasteiger charge is 2.58. The van der Waals surface area contributed by atoms with E-state index in [9.17, 15) is 21.4 Å². The van der Waals surface area contributed by atoms with Crippen molar-refractivity contribution in [3.05, 3.63) is 58.0 Å². The first-order chi connectivity index (χ1) is 9.99. The topological polar surface area (TPSA) is 115 Å². The molecule has 0 fully saturated rings. The van der Waals surface area contributed by atoms with E-state index in [0.29, 0.717) is 0 Å². The van der Waals surface area contributed by atoms with Gasteiger partial charge in [0.2, 0.25) is 10.0 Å². The summed E-state index contributed by atoms with van der Waals surface area (Å²) >= 11 is 5.64. The summed E-state index contributed by atoms with van der Waals surface area (Å²) in [5.41, 5.74) is -0.0193. The molecule has 2 unspecified atom stereocenters. The minimum absolute atomic E-state index is 0.0193. The number of sulfonamides is 1. The minimum atomic E-state index is -5.39. The van der Waals surface area contributed by atoms with Crippen molar-refractivity contribution in [3.8, 4) is 0 Å².